The van der Waals surface area contributed by atoms with Gasteiger partial charge in [-0.3, -0.25) is 4.79 Å². The molecule has 0 N–H and O–H groups in total. The van der Waals surface area contributed by atoms with Gasteiger partial charge in [0.25, 0.3) is 5.91 Å². The molecule has 1 amide bonds. The largest absolute Gasteiger partial charge is 0.494 e. The zero-order valence-corrected chi connectivity index (χ0v) is 13.6. The van der Waals surface area contributed by atoms with Crippen LogP contribution in [0, 0.1) is 0 Å². The Morgan fingerprint density at radius 2 is 2.00 bits per heavy atom. The maximum Gasteiger partial charge on any atom is 0.286 e. The van der Waals surface area contributed by atoms with E-state index in [2.05, 4.69) is 16.8 Å². The lowest BCUT2D eigenvalue weighted by Crippen LogP contribution is -2.23. The SMILES string of the molecule is CCCOc1ccc(/C=C2/SC(N3CCCC3)=NC2=O)cc1. The molecule has 0 saturated carbocycles. The summed E-state index contributed by atoms with van der Waals surface area (Å²) in [5, 5.41) is 0.858. The summed E-state index contributed by atoms with van der Waals surface area (Å²) in [6.07, 6.45) is 5.27. The summed E-state index contributed by atoms with van der Waals surface area (Å²) in [5.41, 5.74) is 0.998. The molecule has 0 spiro atoms. The normalized spacial score (nSPS) is 19.9. The Hall–Kier alpha value is -1.75. The molecular formula is C17H20N2O2S. The van der Waals surface area contributed by atoms with Gasteiger partial charge in [-0.25, -0.2) is 0 Å². The molecule has 0 radical (unpaired) electrons. The van der Waals surface area contributed by atoms with Gasteiger partial charge in [-0.15, -0.1) is 0 Å². The van der Waals surface area contributed by atoms with E-state index < -0.39 is 0 Å². The van der Waals surface area contributed by atoms with Gasteiger partial charge in [0.2, 0.25) is 0 Å². The van der Waals surface area contributed by atoms with Crippen molar-refractivity contribution in [2.75, 3.05) is 19.7 Å². The highest BCUT2D eigenvalue weighted by molar-refractivity contribution is 8.18. The van der Waals surface area contributed by atoms with Crippen molar-refractivity contribution >= 4 is 28.9 Å². The Balaban J connectivity index is 1.66. The standard InChI is InChI=1S/C17H20N2O2S/c1-2-11-21-14-7-5-13(6-8-14)12-15-16(20)18-17(22-15)19-9-3-4-10-19/h5-8,12H,2-4,9-11H2,1H3/b15-12+. The number of hydrogen-bond donors (Lipinski definition) is 0. The summed E-state index contributed by atoms with van der Waals surface area (Å²) < 4.78 is 5.56. The van der Waals surface area contributed by atoms with Gasteiger partial charge in [-0.2, -0.15) is 4.99 Å². The van der Waals surface area contributed by atoms with E-state index in [1.54, 1.807) is 0 Å². The van der Waals surface area contributed by atoms with Gasteiger partial charge in [0, 0.05) is 13.1 Å². The van der Waals surface area contributed by atoms with Gasteiger partial charge in [0.05, 0.1) is 11.5 Å². The smallest absolute Gasteiger partial charge is 0.286 e. The molecule has 22 heavy (non-hydrogen) atoms. The molecule has 5 heteroatoms. The minimum Gasteiger partial charge on any atom is -0.494 e. The maximum atomic E-state index is 12.0. The van der Waals surface area contributed by atoms with Crippen LogP contribution in [0.5, 0.6) is 5.75 Å². The summed E-state index contributed by atoms with van der Waals surface area (Å²) in [5.74, 6) is 0.738. The van der Waals surface area contributed by atoms with Crippen molar-refractivity contribution < 1.29 is 9.53 Å². The first kappa shape index (κ1) is 15.2. The summed E-state index contributed by atoms with van der Waals surface area (Å²) in [6, 6.07) is 7.82. The van der Waals surface area contributed by atoms with E-state index in [1.165, 1.54) is 24.6 Å². The van der Waals surface area contributed by atoms with Gasteiger partial charge in [-0.1, -0.05) is 19.1 Å². The highest BCUT2D eigenvalue weighted by Gasteiger charge is 2.27. The van der Waals surface area contributed by atoms with E-state index in [0.29, 0.717) is 4.91 Å². The van der Waals surface area contributed by atoms with Gasteiger partial charge in [0.15, 0.2) is 5.17 Å². The summed E-state index contributed by atoms with van der Waals surface area (Å²) in [6.45, 7) is 4.83. The first-order valence-corrected chi connectivity index (χ1v) is 8.58. The number of carbonyl (C=O) groups is 1. The van der Waals surface area contributed by atoms with Crippen LogP contribution in [0.2, 0.25) is 0 Å². The van der Waals surface area contributed by atoms with Crippen molar-refractivity contribution in [2.45, 2.75) is 26.2 Å². The van der Waals surface area contributed by atoms with E-state index in [0.717, 1.165) is 42.6 Å². The van der Waals surface area contributed by atoms with Gasteiger partial charge < -0.3 is 9.64 Å². The molecule has 2 aliphatic heterocycles. The van der Waals surface area contributed by atoms with Gasteiger partial charge in [-0.05, 0) is 54.8 Å². The molecule has 2 heterocycles. The third-order valence-electron chi connectivity index (χ3n) is 3.64. The molecule has 116 valence electrons. The van der Waals surface area contributed by atoms with Crippen LogP contribution < -0.4 is 4.74 Å². The predicted molar refractivity (Wildman–Crippen MR) is 91.0 cm³/mol. The molecule has 1 aromatic rings. The van der Waals surface area contributed by atoms with Crippen molar-refractivity contribution in [2.24, 2.45) is 4.99 Å². The number of amidine groups is 1. The molecule has 1 fully saturated rings. The molecule has 1 aromatic carbocycles. The number of benzene rings is 1. The monoisotopic (exact) mass is 316 g/mol. The topological polar surface area (TPSA) is 41.9 Å². The number of hydrogen-bond acceptors (Lipinski definition) is 4. The van der Waals surface area contributed by atoms with Crippen LogP contribution in [0.15, 0.2) is 34.2 Å². The minimum atomic E-state index is -0.127. The lowest BCUT2D eigenvalue weighted by atomic mass is 10.2. The molecule has 3 rings (SSSR count). The van der Waals surface area contributed by atoms with E-state index in [1.807, 2.05) is 30.3 Å². The van der Waals surface area contributed by atoms with Crippen molar-refractivity contribution in [1.82, 2.24) is 4.90 Å². The molecular weight excluding hydrogens is 296 g/mol. The van der Waals surface area contributed by atoms with Gasteiger partial charge >= 0.3 is 0 Å². The molecule has 0 unspecified atom stereocenters. The Labute approximate surface area is 135 Å². The Kier molecular flexibility index (Phi) is 4.83. The highest BCUT2D eigenvalue weighted by Crippen LogP contribution is 2.31. The first-order valence-electron chi connectivity index (χ1n) is 7.76. The Morgan fingerprint density at radius 1 is 1.27 bits per heavy atom. The molecule has 0 bridgehead atoms. The number of nitrogens with zero attached hydrogens (tertiary/aromatic N) is 2. The zero-order chi connectivity index (χ0) is 15.4. The number of ether oxygens (including phenoxy) is 1. The van der Waals surface area contributed by atoms with Crippen molar-refractivity contribution in [3.63, 3.8) is 0 Å². The van der Waals surface area contributed by atoms with E-state index in [4.69, 9.17) is 4.74 Å². The molecule has 0 atom stereocenters. The quantitative estimate of drug-likeness (QED) is 0.797. The summed E-state index contributed by atoms with van der Waals surface area (Å²) >= 11 is 1.49. The number of thioether (sulfide) groups is 1. The molecule has 4 nitrogen and oxygen atoms in total. The fraction of sp³-hybridized carbons (Fsp3) is 0.412. The van der Waals surface area contributed by atoms with Crippen molar-refractivity contribution in [3.8, 4) is 5.75 Å². The van der Waals surface area contributed by atoms with Crippen LogP contribution in [0.3, 0.4) is 0 Å². The van der Waals surface area contributed by atoms with E-state index in [9.17, 15) is 4.79 Å². The second-order valence-corrected chi connectivity index (χ2v) is 6.43. The summed E-state index contributed by atoms with van der Waals surface area (Å²) in [4.78, 5) is 19.1. The second-order valence-electron chi connectivity index (χ2n) is 5.42. The lowest BCUT2D eigenvalue weighted by Gasteiger charge is -2.14. The fourth-order valence-corrected chi connectivity index (χ4v) is 3.44. The molecule has 1 saturated heterocycles. The molecule has 0 aromatic heterocycles. The molecule has 0 aliphatic carbocycles. The van der Waals surface area contributed by atoms with Crippen LogP contribution in [0.25, 0.3) is 6.08 Å². The van der Waals surface area contributed by atoms with E-state index in [-0.39, 0.29) is 5.91 Å². The Morgan fingerprint density at radius 3 is 2.68 bits per heavy atom. The third kappa shape index (κ3) is 3.53. The maximum absolute atomic E-state index is 12.0. The number of carbonyl (C=O) groups excluding carboxylic acids is 1. The average Bonchev–Trinajstić information content (AvgIpc) is 3.17. The average molecular weight is 316 g/mol. The lowest BCUT2D eigenvalue weighted by molar-refractivity contribution is -0.113. The number of amides is 1. The van der Waals surface area contributed by atoms with Crippen molar-refractivity contribution in [3.05, 3.63) is 34.7 Å². The van der Waals surface area contributed by atoms with Crippen LogP contribution in [0.4, 0.5) is 0 Å². The minimum absolute atomic E-state index is 0.127. The fourth-order valence-electron chi connectivity index (χ4n) is 2.47. The van der Waals surface area contributed by atoms with Crippen LogP contribution >= 0.6 is 11.8 Å². The highest BCUT2D eigenvalue weighted by atomic mass is 32.2. The van der Waals surface area contributed by atoms with Gasteiger partial charge in [0.1, 0.15) is 5.75 Å². The van der Waals surface area contributed by atoms with Crippen LogP contribution in [-0.2, 0) is 4.79 Å². The number of likely N-dealkylation sites (tertiary alicyclic amines) is 1. The van der Waals surface area contributed by atoms with Crippen LogP contribution in [-0.4, -0.2) is 35.7 Å². The first-order chi connectivity index (χ1) is 10.8. The Bertz CT molecular complexity index is 602. The zero-order valence-electron chi connectivity index (χ0n) is 12.7. The van der Waals surface area contributed by atoms with Crippen LogP contribution in [0.1, 0.15) is 31.7 Å². The number of aliphatic imine (C=N–C) groups is 1. The second kappa shape index (κ2) is 7.01. The number of rotatable bonds is 4. The van der Waals surface area contributed by atoms with E-state index >= 15 is 0 Å². The van der Waals surface area contributed by atoms with Crippen molar-refractivity contribution in [1.29, 1.82) is 0 Å². The third-order valence-corrected chi connectivity index (χ3v) is 4.68. The predicted octanol–water partition coefficient (Wildman–Crippen LogP) is 3.54. The molecule has 2 aliphatic rings. The summed E-state index contributed by atoms with van der Waals surface area (Å²) in [7, 11) is 0.